The minimum Gasteiger partial charge on any atom is -0.292 e. The van der Waals surface area contributed by atoms with Crippen LogP contribution >= 0.6 is 0 Å². The summed E-state index contributed by atoms with van der Waals surface area (Å²) in [5.41, 5.74) is 0. The van der Waals surface area contributed by atoms with Crippen LogP contribution in [0.2, 0.25) is 0 Å². The fourth-order valence-corrected chi connectivity index (χ4v) is 1.70. The lowest BCUT2D eigenvalue weighted by molar-refractivity contribution is 0.318. The maximum absolute atomic E-state index is 5.27. The van der Waals surface area contributed by atoms with E-state index in [0.29, 0.717) is 5.92 Å². The number of nitrogens with zero attached hydrogens (tertiary/aromatic N) is 1. The van der Waals surface area contributed by atoms with Crippen molar-refractivity contribution < 1.29 is 0 Å². The zero-order valence-electron chi connectivity index (χ0n) is 7.63. The molecule has 1 rings (SSSR count). The van der Waals surface area contributed by atoms with Crippen LogP contribution in [0.25, 0.3) is 0 Å². The molecule has 1 nitrogen and oxygen atoms in total. The summed E-state index contributed by atoms with van der Waals surface area (Å²) in [6, 6.07) is 0. The summed E-state index contributed by atoms with van der Waals surface area (Å²) in [6.07, 6.45) is 11.1. The van der Waals surface area contributed by atoms with Crippen LogP contribution in [-0.2, 0) is 0 Å². The molecule has 1 aliphatic heterocycles. The van der Waals surface area contributed by atoms with Gasteiger partial charge in [-0.25, -0.2) is 0 Å². The van der Waals surface area contributed by atoms with Crippen LogP contribution in [0.5, 0.6) is 0 Å². The third kappa shape index (κ3) is 2.71. The lowest BCUT2D eigenvalue weighted by Crippen LogP contribution is -2.24. The normalized spacial score (nSPS) is 25.8. The SMILES string of the molecule is C#CCN1CCCC(C=C)CC1. The Kier molecular flexibility index (Phi) is 3.90. The van der Waals surface area contributed by atoms with Gasteiger partial charge in [-0.05, 0) is 38.3 Å². The second-order valence-electron chi connectivity index (χ2n) is 3.41. The Bertz CT molecular complexity index is 178. The molecular formula is C11H17N. The second kappa shape index (κ2) is 5.00. The van der Waals surface area contributed by atoms with E-state index in [1.54, 1.807) is 0 Å². The highest BCUT2D eigenvalue weighted by atomic mass is 15.1. The fraction of sp³-hybridized carbons (Fsp3) is 0.636. The van der Waals surface area contributed by atoms with E-state index in [2.05, 4.69) is 23.5 Å². The lowest BCUT2D eigenvalue weighted by Gasteiger charge is -2.15. The van der Waals surface area contributed by atoms with Crippen LogP contribution in [0.4, 0.5) is 0 Å². The minimum atomic E-state index is 0.716. The molecule has 0 saturated carbocycles. The van der Waals surface area contributed by atoms with Gasteiger partial charge in [0.05, 0.1) is 6.54 Å². The molecule has 1 aliphatic rings. The zero-order valence-corrected chi connectivity index (χ0v) is 7.63. The maximum atomic E-state index is 5.27. The fourth-order valence-electron chi connectivity index (χ4n) is 1.70. The Hall–Kier alpha value is -0.740. The van der Waals surface area contributed by atoms with Gasteiger partial charge in [0.2, 0.25) is 0 Å². The van der Waals surface area contributed by atoms with Crippen molar-refractivity contribution in [3.8, 4) is 12.3 Å². The molecule has 0 bridgehead atoms. The van der Waals surface area contributed by atoms with E-state index < -0.39 is 0 Å². The Morgan fingerprint density at radius 1 is 1.50 bits per heavy atom. The molecule has 0 aliphatic carbocycles. The van der Waals surface area contributed by atoms with Gasteiger partial charge in [0.25, 0.3) is 0 Å². The minimum absolute atomic E-state index is 0.716. The Balaban J connectivity index is 2.34. The summed E-state index contributed by atoms with van der Waals surface area (Å²) in [5.74, 6) is 3.41. The quantitative estimate of drug-likeness (QED) is 0.444. The predicted molar refractivity (Wildman–Crippen MR) is 52.8 cm³/mol. The summed E-state index contributed by atoms with van der Waals surface area (Å²) >= 11 is 0. The van der Waals surface area contributed by atoms with Crippen LogP contribution in [-0.4, -0.2) is 24.5 Å². The molecular weight excluding hydrogens is 146 g/mol. The van der Waals surface area contributed by atoms with Crippen molar-refractivity contribution in [2.75, 3.05) is 19.6 Å². The van der Waals surface area contributed by atoms with E-state index in [-0.39, 0.29) is 0 Å². The Morgan fingerprint density at radius 2 is 2.33 bits per heavy atom. The van der Waals surface area contributed by atoms with E-state index in [9.17, 15) is 0 Å². The predicted octanol–water partition coefficient (Wildman–Crippen LogP) is 1.91. The number of hydrogen-bond acceptors (Lipinski definition) is 1. The molecule has 1 unspecified atom stereocenters. The molecule has 0 aromatic carbocycles. The van der Waals surface area contributed by atoms with E-state index in [1.165, 1.54) is 19.3 Å². The zero-order chi connectivity index (χ0) is 8.81. The number of hydrogen-bond donors (Lipinski definition) is 0. The summed E-state index contributed by atoms with van der Waals surface area (Å²) in [4.78, 5) is 2.35. The van der Waals surface area contributed by atoms with Gasteiger partial charge < -0.3 is 0 Å². The maximum Gasteiger partial charge on any atom is 0.0598 e. The first kappa shape index (κ1) is 9.35. The van der Waals surface area contributed by atoms with Crippen LogP contribution in [0.15, 0.2) is 12.7 Å². The second-order valence-corrected chi connectivity index (χ2v) is 3.41. The van der Waals surface area contributed by atoms with Crippen molar-refractivity contribution in [2.24, 2.45) is 5.92 Å². The summed E-state index contributed by atoms with van der Waals surface area (Å²) in [6.45, 7) is 6.95. The first-order valence-electron chi connectivity index (χ1n) is 4.65. The van der Waals surface area contributed by atoms with E-state index in [1.807, 2.05) is 0 Å². The Morgan fingerprint density at radius 3 is 3.00 bits per heavy atom. The number of likely N-dealkylation sites (tertiary alicyclic amines) is 1. The van der Waals surface area contributed by atoms with Crippen LogP contribution in [0.3, 0.4) is 0 Å². The van der Waals surface area contributed by atoms with Crippen molar-refractivity contribution >= 4 is 0 Å². The average molecular weight is 163 g/mol. The van der Waals surface area contributed by atoms with Crippen LogP contribution < -0.4 is 0 Å². The molecule has 1 fully saturated rings. The number of rotatable bonds is 2. The highest BCUT2D eigenvalue weighted by Gasteiger charge is 2.13. The average Bonchev–Trinajstić information content (AvgIpc) is 2.31. The molecule has 1 saturated heterocycles. The third-order valence-corrected chi connectivity index (χ3v) is 2.51. The van der Waals surface area contributed by atoms with Gasteiger partial charge in [0.15, 0.2) is 0 Å². The Labute approximate surface area is 75.5 Å². The third-order valence-electron chi connectivity index (χ3n) is 2.51. The standard InChI is InChI=1S/C11H17N/c1-3-8-12-9-5-6-11(4-2)7-10-12/h1,4,11H,2,5-10H2. The van der Waals surface area contributed by atoms with Crippen LogP contribution in [0, 0.1) is 18.3 Å². The first-order chi connectivity index (χ1) is 5.86. The molecule has 0 N–H and O–H groups in total. The van der Waals surface area contributed by atoms with Gasteiger partial charge in [-0.15, -0.1) is 13.0 Å². The molecule has 1 heterocycles. The van der Waals surface area contributed by atoms with Gasteiger partial charge in [-0.1, -0.05) is 12.0 Å². The van der Waals surface area contributed by atoms with Crippen LogP contribution in [0.1, 0.15) is 19.3 Å². The van der Waals surface area contributed by atoms with E-state index in [0.717, 1.165) is 19.6 Å². The van der Waals surface area contributed by atoms with Crippen molar-refractivity contribution in [3.05, 3.63) is 12.7 Å². The smallest absolute Gasteiger partial charge is 0.0598 e. The molecule has 12 heavy (non-hydrogen) atoms. The molecule has 1 heteroatoms. The summed E-state index contributed by atoms with van der Waals surface area (Å²) in [5, 5.41) is 0. The van der Waals surface area contributed by atoms with Gasteiger partial charge >= 0.3 is 0 Å². The molecule has 0 aromatic rings. The van der Waals surface area contributed by atoms with Crippen molar-refractivity contribution in [2.45, 2.75) is 19.3 Å². The summed E-state index contributed by atoms with van der Waals surface area (Å²) in [7, 11) is 0. The number of allylic oxidation sites excluding steroid dienone is 1. The highest BCUT2D eigenvalue weighted by molar-refractivity contribution is 4.90. The topological polar surface area (TPSA) is 3.24 Å². The number of terminal acetylenes is 1. The van der Waals surface area contributed by atoms with E-state index in [4.69, 9.17) is 6.42 Å². The highest BCUT2D eigenvalue weighted by Crippen LogP contribution is 2.17. The molecule has 0 spiro atoms. The molecule has 66 valence electrons. The van der Waals surface area contributed by atoms with Gasteiger partial charge in [-0.2, -0.15) is 0 Å². The largest absolute Gasteiger partial charge is 0.292 e. The molecule has 0 aromatic heterocycles. The van der Waals surface area contributed by atoms with Crippen molar-refractivity contribution in [3.63, 3.8) is 0 Å². The monoisotopic (exact) mass is 163 g/mol. The molecule has 0 radical (unpaired) electrons. The van der Waals surface area contributed by atoms with E-state index >= 15 is 0 Å². The first-order valence-corrected chi connectivity index (χ1v) is 4.65. The van der Waals surface area contributed by atoms with Gasteiger partial charge in [0.1, 0.15) is 0 Å². The van der Waals surface area contributed by atoms with Gasteiger partial charge in [0, 0.05) is 0 Å². The molecule has 0 amide bonds. The molecule has 1 atom stereocenters. The lowest BCUT2D eigenvalue weighted by atomic mass is 10.0. The van der Waals surface area contributed by atoms with Crippen molar-refractivity contribution in [1.82, 2.24) is 4.90 Å². The van der Waals surface area contributed by atoms with Crippen molar-refractivity contribution in [1.29, 1.82) is 0 Å². The van der Waals surface area contributed by atoms with Gasteiger partial charge in [-0.3, -0.25) is 4.90 Å². The summed E-state index contributed by atoms with van der Waals surface area (Å²) < 4.78 is 0.